The zero-order valence-electron chi connectivity index (χ0n) is 10.5. The van der Waals surface area contributed by atoms with Gasteiger partial charge in [0.25, 0.3) is 0 Å². The van der Waals surface area contributed by atoms with Gasteiger partial charge in [-0.2, -0.15) is 13.2 Å². The normalized spacial score (nSPS) is 13.2. The molecule has 7 heteroatoms. The summed E-state index contributed by atoms with van der Waals surface area (Å²) < 4.78 is 51.5. The van der Waals surface area contributed by atoms with Crippen LogP contribution in [0.3, 0.4) is 0 Å². The van der Waals surface area contributed by atoms with Crippen molar-refractivity contribution in [2.45, 2.75) is 18.7 Å². The van der Waals surface area contributed by atoms with Crippen LogP contribution in [0.15, 0.2) is 36.7 Å². The van der Waals surface area contributed by atoms with Gasteiger partial charge in [-0.3, -0.25) is 4.98 Å². The van der Waals surface area contributed by atoms with Crippen LogP contribution in [-0.2, 0) is 12.6 Å². The third-order valence-electron chi connectivity index (χ3n) is 2.94. The van der Waals surface area contributed by atoms with Gasteiger partial charge in [-0.05, 0) is 23.8 Å². The minimum absolute atomic E-state index is 0.0477. The molecule has 21 heavy (non-hydrogen) atoms. The number of benzene rings is 1. The molecule has 0 aliphatic heterocycles. The van der Waals surface area contributed by atoms with E-state index in [1.807, 2.05) is 0 Å². The van der Waals surface area contributed by atoms with E-state index in [0.717, 1.165) is 30.6 Å². The van der Waals surface area contributed by atoms with Crippen molar-refractivity contribution in [3.8, 4) is 0 Å². The molecule has 1 aromatic carbocycles. The maximum Gasteiger partial charge on any atom is 0.416 e. The summed E-state index contributed by atoms with van der Waals surface area (Å²) in [6.07, 6.45) is -4.24. The maximum absolute atomic E-state index is 12.9. The summed E-state index contributed by atoms with van der Waals surface area (Å²) in [6.45, 7) is 0. The Balaban J connectivity index is 2.31. The average molecular weight is 320 g/mol. The highest BCUT2D eigenvalue weighted by atomic mass is 35.5. The van der Waals surface area contributed by atoms with Gasteiger partial charge in [0, 0.05) is 29.4 Å². The van der Waals surface area contributed by atoms with Gasteiger partial charge in [0.1, 0.15) is 5.82 Å². The zero-order valence-corrected chi connectivity index (χ0v) is 11.3. The van der Waals surface area contributed by atoms with E-state index in [4.69, 9.17) is 11.6 Å². The summed E-state index contributed by atoms with van der Waals surface area (Å²) in [5.41, 5.74) is -0.948. The van der Waals surface area contributed by atoms with Crippen molar-refractivity contribution < 1.29 is 22.7 Å². The monoisotopic (exact) mass is 319 g/mol. The molecular weight excluding hydrogens is 310 g/mol. The third kappa shape index (κ3) is 3.71. The molecule has 0 saturated heterocycles. The number of nitrogens with zero attached hydrogens (tertiary/aromatic N) is 1. The fourth-order valence-corrected chi connectivity index (χ4v) is 2.18. The topological polar surface area (TPSA) is 33.1 Å². The highest BCUT2D eigenvalue weighted by Crippen LogP contribution is 2.35. The molecule has 0 spiro atoms. The average Bonchev–Trinajstić information content (AvgIpc) is 2.41. The van der Waals surface area contributed by atoms with Crippen LogP contribution in [0, 0.1) is 5.82 Å². The van der Waals surface area contributed by atoms with Crippen LogP contribution in [0.1, 0.15) is 22.8 Å². The molecule has 0 saturated carbocycles. The molecule has 2 nitrogen and oxygen atoms in total. The lowest BCUT2D eigenvalue weighted by atomic mass is 9.98. The van der Waals surface area contributed by atoms with Gasteiger partial charge in [-0.25, -0.2) is 4.39 Å². The molecule has 0 fully saturated rings. The van der Waals surface area contributed by atoms with Crippen molar-refractivity contribution in [2.75, 3.05) is 0 Å². The number of halogens is 5. The summed E-state index contributed by atoms with van der Waals surface area (Å²) >= 11 is 5.80. The molecule has 1 unspecified atom stereocenters. The Bertz CT molecular complexity index is 645. The van der Waals surface area contributed by atoms with E-state index >= 15 is 0 Å². The summed E-state index contributed by atoms with van der Waals surface area (Å²) in [5.74, 6) is -0.560. The Kier molecular flexibility index (Phi) is 4.49. The highest BCUT2D eigenvalue weighted by molar-refractivity contribution is 6.31. The summed E-state index contributed by atoms with van der Waals surface area (Å²) in [5, 5.41) is 10.1. The number of aliphatic hydroxyl groups is 1. The van der Waals surface area contributed by atoms with Gasteiger partial charge < -0.3 is 5.11 Å². The van der Waals surface area contributed by atoms with Crippen LogP contribution in [0.2, 0.25) is 5.02 Å². The van der Waals surface area contributed by atoms with Crippen LogP contribution in [0.25, 0.3) is 0 Å². The molecule has 0 amide bonds. The van der Waals surface area contributed by atoms with E-state index in [-0.39, 0.29) is 17.0 Å². The van der Waals surface area contributed by atoms with Crippen molar-refractivity contribution in [3.05, 3.63) is 64.2 Å². The van der Waals surface area contributed by atoms with E-state index < -0.39 is 23.7 Å². The smallest absolute Gasteiger partial charge is 0.388 e. The summed E-state index contributed by atoms with van der Waals surface area (Å²) in [7, 11) is 0. The van der Waals surface area contributed by atoms with Gasteiger partial charge in [0.15, 0.2) is 0 Å². The molecule has 0 aliphatic rings. The second-order valence-electron chi connectivity index (χ2n) is 4.42. The lowest BCUT2D eigenvalue weighted by molar-refractivity contribution is -0.139. The van der Waals surface area contributed by atoms with E-state index in [1.165, 1.54) is 6.07 Å². The number of hydrogen-bond donors (Lipinski definition) is 1. The number of alkyl halides is 3. The Labute approximate surface area is 123 Å². The number of hydrogen-bond acceptors (Lipinski definition) is 2. The van der Waals surface area contributed by atoms with Crippen molar-refractivity contribution in [2.24, 2.45) is 0 Å². The van der Waals surface area contributed by atoms with E-state index in [1.54, 1.807) is 0 Å². The number of rotatable bonds is 3. The molecule has 2 aromatic rings. The molecule has 0 aliphatic carbocycles. The van der Waals surface area contributed by atoms with E-state index in [2.05, 4.69) is 4.98 Å². The predicted octanol–water partition coefficient (Wildman–Crippen LogP) is 4.17. The second kappa shape index (κ2) is 5.99. The molecular formula is C14H10ClF4NO. The standard InChI is InChI=1S/C14H10ClF4NO/c15-12-6-9(16)2-1-8(12)5-13(21)10-7-20-4-3-11(10)14(17,18)19/h1-4,6-7,13,21H,5H2. The largest absolute Gasteiger partial charge is 0.416 e. The number of aliphatic hydroxyl groups excluding tert-OH is 1. The van der Waals surface area contributed by atoms with Gasteiger partial charge >= 0.3 is 6.18 Å². The molecule has 1 aromatic heterocycles. The lowest BCUT2D eigenvalue weighted by Gasteiger charge is -2.17. The molecule has 1 heterocycles. The first-order valence-electron chi connectivity index (χ1n) is 5.92. The molecule has 1 atom stereocenters. The first kappa shape index (κ1) is 15.7. The number of aromatic nitrogens is 1. The minimum atomic E-state index is -4.59. The van der Waals surface area contributed by atoms with E-state index in [9.17, 15) is 22.7 Å². The molecule has 112 valence electrons. The number of pyridine rings is 1. The van der Waals surface area contributed by atoms with Crippen LogP contribution in [0.5, 0.6) is 0 Å². The Morgan fingerprint density at radius 3 is 2.57 bits per heavy atom. The Hall–Kier alpha value is -1.66. The van der Waals surface area contributed by atoms with Crippen molar-refractivity contribution >= 4 is 11.6 Å². The maximum atomic E-state index is 12.9. The van der Waals surface area contributed by atoms with E-state index in [0.29, 0.717) is 5.56 Å². The third-order valence-corrected chi connectivity index (χ3v) is 3.30. The fraction of sp³-hybridized carbons (Fsp3) is 0.214. The quantitative estimate of drug-likeness (QED) is 0.861. The van der Waals surface area contributed by atoms with Crippen molar-refractivity contribution in [1.29, 1.82) is 0 Å². The van der Waals surface area contributed by atoms with Gasteiger partial charge in [0.05, 0.1) is 11.7 Å². The summed E-state index contributed by atoms with van der Waals surface area (Å²) in [6, 6.07) is 4.29. The molecule has 2 rings (SSSR count). The molecule has 1 N–H and O–H groups in total. The van der Waals surface area contributed by atoms with Crippen LogP contribution in [0.4, 0.5) is 17.6 Å². The first-order valence-corrected chi connectivity index (χ1v) is 6.30. The van der Waals surface area contributed by atoms with Crippen molar-refractivity contribution in [1.82, 2.24) is 4.98 Å². The highest BCUT2D eigenvalue weighted by Gasteiger charge is 2.35. The summed E-state index contributed by atoms with van der Waals surface area (Å²) in [4.78, 5) is 3.61. The van der Waals surface area contributed by atoms with Crippen LogP contribution in [-0.4, -0.2) is 10.1 Å². The SMILES string of the molecule is OC(Cc1ccc(F)cc1Cl)c1cnccc1C(F)(F)F. The van der Waals surface area contributed by atoms with Crippen LogP contribution >= 0.6 is 11.6 Å². The zero-order chi connectivity index (χ0) is 15.6. The Morgan fingerprint density at radius 2 is 1.95 bits per heavy atom. The van der Waals surface area contributed by atoms with Crippen molar-refractivity contribution in [3.63, 3.8) is 0 Å². The minimum Gasteiger partial charge on any atom is -0.388 e. The Morgan fingerprint density at radius 1 is 1.24 bits per heavy atom. The second-order valence-corrected chi connectivity index (χ2v) is 4.82. The van der Waals surface area contributed by atoms with Crippen LogP contribution < -0.4 is 0 Å². The van der Waals surface area contributed by atoms with Gasteiger partial charge in [-0.15, -0.1) is 0 Å². The fourth-order valence-electron chi connectivity index (χ4n) is 1.94. The van der Waals surface area contributed by atoms with Gasteiger partial charge in [-0.1, -0.05) is 17.7 Å². The first-order chi connectivity index (χ1) is 9.79. The molecule has 0 bridgehead atoms. The molecule has 0 radical (unpaired) electrons. The lowest BCUT2D eigenvalue weighted by Crippen LogP contribution is -2.14. The predicted molar refractivity (Wildman–Crippen MR) is 69.3 cm³/mol. The van der Waals surface area contributed by atoms with Gasteiger partial charge in [0.2, 0.25) is 0 Å².